The molecule has 1 N–H and O–H groups in total. The van der Waals surface area contributed by atoms with E-state index in [0.717, 1.165) is 31.4 Å². The van der Waals surface area contributed by atoms with Crippen LogP contribution in [0.3, 0.4) is 0 Å². The lowest BCUT2D eigenvalue weighted by molar-refractivity contribution is 0.0746. The molecule has 1 fully saturated rings. The van der Waals surface area contributed by atoms with Gasteiger partial charge in [0.1, 0.15) is 5.82 Å². The molecule has 3 heteroatoms. The number of halogens is 1. The van der Waals surface area contributed by atoms with Gasteiger partial charge >= 0.3 is 0 Å². The van der Waals surface area contributed by atoms with Crippen molar-refractivity contribution in [3.05, 3.63) is 35.6 Å². The van der Waals surface area contributed by atoms with E-state index in [0.29, 0.717) is 12.0 Å². The lowest BCUT2D eigenvalue weighted by atomic mass is 9.86. The molecular formula is C14H20FNO. The van der Waals surface area contributed by atoms with E-state index < -0.39 is 0 Å². The second-order valence-electron chi connectivity index (χ2n) is 4.97. The molecule has 17 heavy (non-hydrogen) atoms. The minimum atomic E-state index is -0.179. The highest BCUT2D eigenvalue weighted by Gasteiger charge is 2.28. The molecule has 0 spiro atoms. The molecule has 1 aromatic carbocycles. The first-order valence-electron chi connectivity index (χ1n) is 6.26. The first-order chi connectivity index (χ1) is 8.20. The van der Waals surface area contributed by atoms with Crippen LogP contribution in [0, 0.1) is 11.7 Å². The Labute approximate surface area is 102 Å². The first-order valence-corrected chi connectivity index (χ1v) is 6.26. The maximum Gasteiger partial charge on any atom is 0.123 e. The van der Waals surface area contributed by atoms with E-state index in [1.54, 1.807) is 12.1 Å². The van der Waals surface area contributed by atoms with Gasteiger partial charge in [-0.05, 0) is 56.5 Å². The van der Waals surface area contributed by atoms with Crippen molar-refractivity contribution in [1.82, 2.24) is 4.90 Å². The largest absolute Gasteiger partial charge is 0.396 e. The van der Waals surface area contributed by atoms with Crippen molar-refractivity contribution in [3.63, 3.8) is 0 Å². The van der Waals surface area contributed by atoms with Gasteiger partial charge in [0.15, 0.2) is 0 Å². The van der Waals surface area contributed by atoms with Gasteiger partial charge in [0.05, 0.1) is 0 Å². The number of aliphatic hydroxyl groups is 1. The number of benzene rings is 1. The number of piperidine rings is 1. The zero-order valence-corrected chi connectivity index (χ0v) is 10.3. The second kappa shape index (κ2) is 5.61. The normalized spacial score (nSPS) is 26.1. The third kappa shape index (κ3) is 3.05. The molecule has 1 aromatic rings. The highest BCUT2D eigenvalue weighted by Crippen LogP contribution is 2.25. The number of hydrogen-bond acceptors (Lipinski definition) is 2. The molecule has 2 rings (SSSR count). The predicted molar refractivity (Wildman–Crippen MR) is 66.3 cm³/mol. The molecule has 1 aliphatic heterocycles. The van der Waals surface area contributed by atoms with Crippen molar-refractivity contribution < 1.29 is 9.50 Å². The standard InChI is InChI=1S/C14H20FNO/c1-16-7-3-5-12(10-17)14(16)9-11-4-2-6-13(15)8-11/h2,4,6,8,12,14,17H,3,5,7,9-10H2,1H3. The summed E-state index contributed by atoms with van der Waals surface area (Å²) in [6, 6.07) is 7.10. The summed E-state index contributed by atoms with van der Waals surface area (Å²) in [5.74, 6) is 0.138. The Bertz CT molecular complexity index is 369. The van der Waals surface area contributed by atoms with Gasteiger partial charge in [0.25, 0.3) is 0 Å². The number of rotatable bonds is 3. The summed E-state index contributed by atoms with van der Waals surface area (Å²) in [6.45, 7) is 1.29. The number of aliphatic hydroxyl groups excluding tert-OH is 1. The maximum atomic E-state index is 13.1. The fourth-order valence-electron chi connectivity index (χ4n) is 2.76. The Morgan fingerprint density at radius 3 is 3.00 bits per heavy atom. The molecule has 0 radical (unpaired) electrons. The lowest BCUT2D eigenvalue weighted by Gasteiger charge is -2.38. The number of hydrogen-bond donors (Lipinski definition) is 1. The second-order valence-corrected chi connectivity index (χ2v) is 4.97. The average molecular weight is 237 g/mol. The fraction of sp³-hybridized carbons (Fsp3) is 0.571. The van der Waals surface area contributed by atoms with E-state index in [1.165, 1.54) is 6.07 Å². The van der Waals surface area contributed by atoms with Crippen molar-refractivity contribution in [3.8, 4) is 0 Å². The number of likely N-dealkylation sites (tertiary alicyclic amines) is 1. The van der Waals surface area contributed by atoms with Crippen LogP contribution in [0.5, 0.6) is 0 Å². The van der Waals surface area contributed by atoms with Crippen LogP contribution in [-0.4, -0.2) is 36.2 Å². The number of likely N-dealkylation sites (N-methyl/N-ethyl adjacent to an activating group) is 1. The highest BCUT2D eigenvalue weighted by molar-refractivity contribution is 5.18. The van der Waals surface area contributed by atoms with Crippen molar-refractivity contribution in [1.29, 1.82) is 0 Å². The van der Waals surface area contributed by atoms with E-state index in [4.69, 9.17) is 0 Å². The van der Waals surface area contributed by atoms with Gasteiger partial charge in [-0.15, -0.1) is 0 Å². The molecule has 2 nitrogen and oxygen atoms in total. The Balaban J connectivity index is 2.09. The maximum absolute atomic E-state index is 13.1. The Morgan fingerprint density at radius 1 is 1.47 bits per heavy atom. The summed E-state index contributed by atoms with van der Waals surface area (Å²) in [5, 5.41) is 9.41. The SMILES string of the molecule is CN1CCCC(CO)C1Cc1cccc(F)c1. The van der Waals surface area contributed by atoms with Crippen LogP contribution in [0.15, 0.2) is 24.3 Å². The van der Waals surface area contributed by atoms with E-state index >= 15 is 0 Å². The van der Waals surface area contributed by atoms with Crippen LogP contribution in [0.4, 0.5) is 4.39 Å². The monoisotopic (exact) mass is 237 g/mol. The Hall–Kier alpha value is -0.930. The van der Waals surface area contributed by atoms with Gasteiger partial charge in [-0.2, -0.15) is 0 Å². The molecule has 94 valence electrons. The third-order valence-corrected chi connectivity index (χ3v) is 3.76. The zero-order valence-electron chi connectivity index (χ0n) is 10.3. The van der Waals surface area contributed by atoms with Crippen LogP contribution < -0.4 is 0 Å². The minimum absolute atomic E-state index is 0.179. The van der Waals surface area contributed by atoms with Crippen LogP contribution in [-0.2, 0) is 6.42 Å². The van der Waals surface area contributed by atoms with Crippen LogP contribution in [0.2, 0.25) is 0 Å². The quantitative estimate of drug-likeness (QED) is 0.870. The minimum Gasteiger partial charge on any atom is -0.396 e. The molecule has 0 aromatic heterocycles. The van der Waals surface area contributed by atoms with Crippen LogP contribution in [0.25, 0.3) is 0 Å². The molecule has 1 heterocycles. The zero-order chi connectivity index (χ0) is 12.3. The van der Waals surface area contributed by atoms with Crippen LogP contribution >= 0.6 is 0 Å². The molecule has 1 aliphatic rings. The molecule has 0 amide bonds. The molecule has 0 bridgehead atoms. The van der Waals surface area contributed by atoms with Crippen molar-refractivity contribution >= 4 is 0 Å². The Morgan fingerprint density at radius 2 is 2.29 bits per heavy atom. The summed E-state index contributed by atoms with van der Waals surface area (Å²) >= 11 is 0. The van der Waals surface area contributed by atoms with Gasteiger partial charge in [0, 0.05) is 12.6 Å². The molecule has 1 saturated heterocycles. The molecular weight excluding hydrogens is 217 g/mol. The van der Waals surface area contributed by atoms with E-state index in [1.807, 2.05) is 6.07 Å². The Kier molecular flexibility index (Phi) is 4.13. The average Bonchev–Trinajstić information content (AvgIpc) is 2.32. The molecule has 2 unspecified atom stereocenters. The smallest absolute Gasteiger partial charge is 0.123 e. The lowest BCUT2D eigenvalue weighted by Crippen LogP contribution is -2.45. The molecule has 0 saturated carbocycles. The van der Waals surface area contributed by atoms with Gasteiger partial charge < -0.3 is 10.0 Å². The van der Waals surface area contributed by atoms with E-state index in [-0.39, 0.29) is 12.4 Å². The van der Waals surface area contributed by atoms with Gasteiger partial charge in [-0.25, -0.2) is 4.39 Å². The summed E-state index contributed by atoms with van der Waals surface area (Å²) in [5.41, 5.74) is 1.02. The number of nitrogens with zero attached hydrogens (tertiary/aromatic N) is 1. The van der Waals surface area contributed by atoms with Gasteiger partial charge in [-0.3, -0.25) is 0 Å². The van der Waals surface area contributed by atoms with Gasteiger partial charge in [0.2, 0.25) is 0 Å². The molecule has 0 aliphatic carbocycles. The predicted octanol–water partition coefficient (Wildman–Crippen LogP) is 2.07. The first kappa shape index (κ1) is 12.5. The highest BCUT2D eigenvalue weighted by atomic mass is 19.1. The summed E-state index contributed by atoms with van der Waals surface area (Å²) in [4.78, 5) is 2.29. The van der Waals surface area contributed by atoms with Crippen molar-refractivity contribution in [2.45, 2.75) is 25.3 Å². The van der Waals surface area contributed by atoms with Crippen molar-refractivity contribution in [2.24, 2.45) is 5.92 Å². The van der Waals surface area contributed by atoms with E-state index in [2.05, 4.69) is 11.9 Å². The van der Waals surface area contributed by atoms with Gasteiger partial charge in [-0.1, -0.05) is 12.1 Å². The van der Waals surface area contributed by atoms with Crippen LogP contribution in [0.1, 0.15) is 18.4 Å². The molecule has 2 atom stereocenters. The summed E-state index contributed by atoms with van der Waals surface area (Å²) < 4.78 is 13.1. The van der Waals surface area contributed by atoms with Crippen molar-refractivity contribution in [2.75, 3.05) is 20.2 Å². The van der Waals surface area contributed by atoms with E-state index in [9.17, 15) is 9.50 Å². The topological polar surface area (TPSA) is 23.5 Å². The fourth-order valence-corrected chi connectivity index (χ4v) is 2.76. The summed E-state index contributed by atoms with van der Waals surface area (Å²) in [6.07, 6.45) is 3.03. The third-order valence-electron chi connectivity index (χ3n) is 3.76. The summed E-state index contributed by atoms with van der Waals surface area (Å²) in [7, 11) is 2.09.